The summed E-state index contributed by atoms with van der Waals surface area (Å²) >= 11 is 0. The maximum absolute atomic E-state index is 13.7. The first-order chi connectivity index (χ1) is 23.8. The van der Waals surface area contributed by atoms with Gasteiger partial charge in [0, 0.05) is 29.7 Å². The molecule has 1 aliphatic carbocycles. The fourth-order valence-electron chi connectivity index (χ4n) is 5.72. The van der Waals surface area contributed by atoms with E-state index >= 15 is 0 Å². The molecule has 302 valence electrons. The standard InChI is InChI=1S/C21H32O26P6/c1-9-10-7-8-21(2,40-14(10)12-6-4-3-5-11(12)13(9)22)47-53(38,39)46-20-18(44-51(32,33)34)16(42-49(26,27)28)15(41-48(23,24)25)17(43-50(29,30)31)19(20)45-52(35,36)37/h3-6,15-20,22H,7-8H2,1-2H3,(H,38,39)(H2,23,24,25)(H2,26,27,28)(H2,29,30,31)(H2,32,33,34)(H2,35,36,37)/t15?,16-,17+,18-,19-,20?,21?/m0/s1. The zero-order valence-corrected chi connectivity index (χ0v) is 31.8. The van der Waals surface area contributed by atoms with Crippen LogP contribution in [0.3, 0.4) is 0 Å². The van der Waals surface area contributed by atoms with E-state index in [2.05, 4.69) is 22.6 Å². The molecule has 53 heavy (non-hydrogen) atoms. The van der Waals surface area contributed by atoms with Crippen molar-refractivity contribution in [2.24, 2.45) is 0 Å². The number of rotatable bonds is 14. The second-order valence-electron chi connectivity index (χ2n) is 11.5. The molecule has 0 bridgehead atoms. The van der Waals surface area contributed by atoms with Gasteiger partial charge in [-0.2, -0.15) is 0 Å². The minimum absolute atomic E-state index is 0.0227. The molecule has 26 nitrogen and oxygen atoms in total. The Morgan fingerprint density at radius 2 is 0.943 bits per heavy atom. The monoisotopic (exact) mass is 886 g/mol. The van der Waals surface area contributed by atoms with E-state index in [1.807, 2.05) is 0 Å². The summed E-state index contributed by atoms with van der Waals surface area (Å²) in [5.41, 5.74) is 0.792. The number of fused-ring (bicyclic) bond motifs is 3. The molecule has 32 heteroatoms. The van der Waals surface area contributed by atoms with E-state index in [1.165, 1.54) is 12.1 Å². The second-order valence-corrected chi connectivity index (χ2v) is 18.8. The van der Waals surface area contributed by atoms with Crippen LogP contribution >= 0.6 is 46.9 Å². The van der Waals surface area contributed by atoms with Crippen LogP contribution in [0.4, 0.5) is 0 Å². The number of phenols is 1. The second kappa shape index (κ2) is 15.4. The van der Waals surface area contributed by atoms with Crippen LogP contribution in [0.15, 0.2) is 24.3 Å². The van der Waals surface area contributed by atoms with E-state index in [-0.39, 0.29) is 35.1 Å². The van der Waals surface area contributed by atoms with Gasteiger partial charge in [-0.05, 0) is 18.9 Å². The summed E-state index contributed by atoms with van der Waals surface area (Å²) in [5, 5.41) is 11.3. The van der Waals surface area contributed by atoms with E-state index in [1.54, 1.807) is 19.1 Å². The molecule has 1 heterocycles. The van der Waals surface area contributed by atoms with Gasteiger partial charge in [-0.15, -0.1) is 0 Å². The Hall–Kier alpha value is -1.04. The van der Waals surface area contributed by atoms with Gasteiger partial charge in [-0.1, -0.05) is 24.3 Å². The van der Waals surface area contributed by atoms with Crippen molar-refractivity contribution in [2.75, 3.05) is 0 Å². The summed E-state index contributed by atoms with van der Waals surface area (Å²) in [6.07, 6.45) is -19.5. The van der Waals surface area contributed by atoms with Crippen molar-refractivity contribution in [2.45, 2.75) is 69.1 Å². The number of hydrogen-bond donors (Lipinski definition) is 12. The predicted molar refractivity (Wildman–Crippen MR) is 168 cm³/mol. The van der Waals surface area contributed by atoms with Crippen molar-refractivity contribution in [1.29, 1.82) is 0 Å². The highest BCUT2D eigenvalue weighted by atomic mass is 31.2. The van der Waals surface area contributed by atoms with Gasteiger partial charge in [0.05, 0.1) is 0 Å². The first kappa shape index (κ1) is 44.7. The molecule has 0 amide bonds. The van der Waals surface area contributed by atoms with E-state index in [9.17, 15) is 86.3 Å². The molecule has 0 aromatic heterocycles. The first-order valence-electron chi connectivity index (χ1n) is 14.1. The maximum Gasteiger partial charge on any atom is 0.475 e. The molecular weight excluding hydrogens is 854 g/mol. The lowest BCUT2D eigenvalue weighted by atomic mass is 9.85. The molecule has 12 N–H and O–H groups in total. The normalized spacial score (nSPS) is 28.6. The fraction of sp³-hybridized carbons (Fsp3) is 0.524. The third-order valence-electron chi connectivity index (χ3n) is 7.46. The van der Waals surface area contributed by atoms with Crippen LogP contribution in [0.25, 0.3) is 10.8 Å². The average Bonchev–Trinajstić information content (AvgIpc) is 2.93. The van der Waals surface area contributed by atoms with Crippen molar-refractivity contribution < 1.29 is 123 Å². The minimum Gasteiger partial charge on any atom is -0.507 e. The molecule has 0 spiro atoms. The van der Waals surface area contributed by atoms with Gasteiger partial charge in [0.1, 0.15) is 48.1 Å². The molecule has 0 saturated heterocycles. The Balaban J connectivity index is 1.87. The topological polar surface area (TPSA) is 419 Å². The summed E-state index contributed by atoms with van der Waals surface area (Å²) in [4.78, 5) is 107. The molecule has 4 rings (SSSR count). The van der Waals surface area contributed by atoms with Crippen LogP contribution in [-0.4, -0.2) is 101 Å². The highest BCUT2D eigenvalue weighted by Crippen LogP contribution is 2.60. The Morgan fingerprint density at radius 1 is 0.604 bits per heavy atom. The van der Waals surface area contributed by atoms with Crippen molar-refractivity contribution in [1.82, 2.24) is 0 Å². The lowest BCUT2D eigenvalue weighted by Crippen LogP contribution is -2.66. The van der Waals surface area contributed by atoms with Crippen LogP contribution in [0, 0.1) is 6.92 Å². The van der Waals surface area contributed by atoms with Crippen LogP contribution < -0.4 is 4.74 Å². The molecule has 2 aliphatic rings. The van der Waals surface area contributed by atoms with Crippen molar-refractivity contribution in [3.8, 4) is 11.5 Å². The number of aromatic hydroxyl groups is 1. The number of benzene rings is 2. The highest BCUT2D eigenvalue weighted by molar-refractivity contribution is 7.48. The summed E-state index contributed by atoms with van der Waals surface area (Å²) < 4.78 is 112. The van der Waals surface area contributed by atoms with Crippen LogP contribution in [0.1, 0.15) is 24.5 Å². The van der Waals surface area contributed by atoms with E-state index in [0.29, 0.717) is 11.1 Å². The van der Waals surface area contributed by atoms with Gasteiger partial charge in [0.15, 0.2) is 0 Å². The molecule has 2 aromatic rings. The number of ether oxygens (including phenoxy) is 1. The Bertz CT molecular complexity index is 1930. The average molecular weight is 886 g/mol. The van der Waals surface area contributed by atoms with E-state index in [4.69, 9.17) is 13.8 Å². The third kappa shape index (κ3) is 12.0. The number of phosphoric acid groups is 6. The van der Waals surface area contributed by atoms with Crippen LogP contribution in [-0.2, 0) is 65.5 Å². The highest BCUT2D eigenvalue weighted by Gasteiger charge is 2.63. The molecule has 2 aromatic carbocycles. The zero-order chi connectivity index (χ0) is 40.3. The number of phenolic OH excluding ortho intramolecular Hbond substituents is 1. The lowest BCUT2D eigenvalue weighted by molar-refractivity contribution is -0.207. The van der Waals surface area contributed by atoms with Crippen LogP contribution in [0.5, 0.6) is 11.5 Å². The van der Waals surface area contributed by atoms with Gasteiger partial charge < -0.3 is 63.7 Å². The molecule has 4 unspecified atom stereocenters. The minimum atomic E-state index is -6.14. The molecule has 1 saturated carbocycles. The largest absolute Gasteiger partial charge is 0.507 e. The van der Waals surface area contributed by atoms with Gasteiger partial charge in [0.25, 0.3) is 0 Å². The maximum atomic E-state index is 13.7. The Morgan fingerprint density at radius 3 is 1.30 bits per heavy atom. The smallest absolute Gasteiger partial charge is 0.475 e. The summed E-state index contributed by atoms with van der Waals surface area (Å²) in [6.45, 7) is 2.63. The van der Waals surface area contributed by atoms with E-state index < -0.39 is 89.3 Å². The number of hydrogen-bond acceptors (Lipinski definition) is 15. The van der Waals surface area contributed by atoms with Gasteiger partial charge in [-0.3, -0.25) is 27.1 Å². The molecule has 1 fully saturated rings. The summed E-state index contributed by atoms with van der Waals surface area (Å²) in [7, 11) is -36.7. The van der Waals surface area contributed by atoms with Crippen molar-refractivity contribution in [3.63, 3.8) is 0 Å². The van der Waals surface area contributed by atoms with Gasteiger partial charge in [0.2, 0.25) is 5.79 Å². The van der Waals surface area contributed by atoms with Gasteiger partial charge >= 0.3 is 46.9 Å². The van der Waals surface area contributed by atoms with Crippen LogP contribution in [0.2, 0.25) is 0 Å². The van der Waals surface area contributed by atoms with Crippen molar-refractivity contribution >= 4 is 57.7 Å². The number of phosphoric ester groups is 6. The third-order valence-corrected chi connectivity index (χ3v) is 11.2. The Kier molecular flexibility index (Phi) is 13.0. The Labute approximate surface area is 296 Å². The molecule has 0 radical (unpaired) electrons. The quantitative estimate of drug-likeness (QED) is 0.117. The van der Waals surface area contributed by atoms with Gasteiger partial charge in [-0.25, -0.2) is 31.9 Å². The molecule has 1 aliphatic heterocycles. The van der Waals surface area contributed by atoms with E-state index in [0.717, 1.165) is 6.92 Å². The lowest BCUT2D eigenvalue weighted by Gasteiger charge is -2.48. The fourth-order valence-corrected chi connectivity index (χ4v) is 9.71. The molecule has 8 atom stereocenters. The first-order valence-corrected chi connectivity index (χ1v) is 23.3. The SMILES string of the molecule is Cc1c2c(c3ccccc3c1O)OC(C)(OP(=O)(O)OC1[C@@H](OP(=O)(O)O)[C@H](OP(=O)(O)O)C(OP(=O)(O)O)[C@H](OP(=O)(O)O)[C@@H]1OP(=O)(O)O)CC2. The predicted octanol–water partition coefficient (Wildman–Crippen LogP) is 0.800. The summed E-state index contributed by atoms with van der Waals surface area (Å²) in [6, 6.07) is 6.19. The van der Waals surface area contributed by atoms with Crippen molar-refractivity contribution in [3.05, 3.63) is 35.4 Å². The zero-order valence-electron chi connectivity index (χ0n) is 26.5. The molecular formula is C21H32O26P6. The summed E-state index contributed by atoms with van der Waals surface area (Å²) in [5.74, 6) is -2.30.